The van der Waals surface area contributed by atoms with E-state index in [9.17, 15) is 36.5 Å². The van der Waals surface area contributed by atoms with E-state index in [1.54, 1.807) is 0 Å². The van der Waals surface area contributed by atoms with Crippen LogP contribution in [0.4, 0.5) is 18.9 Å². The van der Waals surface area contributed by atoms with Crippen LogP contribution in [0.15, 0.2) is 29.2 Å². The number of nitro groups is 1. The number of nitro benzene ring substituents is 1. The molecule has 0 radical (unpaired) electrons. The normalized spacial score (nSPS) is 12.2. The van der Waals surface area contributed by atoms with E-state index < -0.39 is 50.7 Å². The molecule has 0 aliphatic heterocycles. The molecule has 0 aliphatic rings. The first-order chi connectivity index (χ1) is 10.4. The maximum absolute atomic E-state index is 12.2. The molecule has 0 aromatic heterocycles. The fraction of sp³-hybridized carbons (Fsp3) is 0.364. The number of halogens is 3. The van der Waals surface area contributed by atoms with Crippen molar-refractivity contribution >= 4 is 21.6 Å². The summed E-state index contributed by atoms with van der Waals surface area (Å²) in [6.45, 7) is -2.52. The molecule has 1 N–H and O–H groups in total. The number of nitrogens with zero attached hydrogens (tertiary/aromatic N) is 2. The van der Waals surface area contributed by atoms with Gasteiger partial charge in [0.2, 0.25) is 15.9 Å². The summed E-state index contributed by atoms with van der Waals surface area (Å²) in [7, 11) is -3.48. The van der Waals surface area contributed by atoms with Crippen LogP contribution in [0.25, 0.3) is 0 Å². The molecule has 0 fully saturated rings. The molecule has 1 aromatic carbocycles. The highest BCUT2D eigenvalue weighted by atomic mass is 32.2. The molecular weight excluding hydrogens is 343 g/mol. The summed E-state index contributed by atoms with van der Waals surface area (Å²) in [5.41, 5.74) is -0.699. The summed E-state index contributed by atoms with van der Waals surface area (Å²) in [4.78, 5) is 20.6. The van der Waals surface area contributed by atoms with Gasteiger partial charge in [0.05, 0.1) is 11.5 Å². The lowest BCUT2D eigenvalue weighted by molar-refractivity contribution is -0.387. The van der Waals surface area contributed by atoms with Crippen molar-refractivity contribution in [1.29, 1.82) is 0 Å². The molecule has 128 valence electrons. The molecule has 0 heterocycles. The number of sulfonamides is 1. The topological polar surface area (TPSA) is 110 Å². The van der Waals surface area contributed by atoms with Gasteiger partial charge in [-0.1, -0.05) is 12.1 Å². The molecule has 8 nitrogen and oxygen atoms in total. The van der Waals surface area contributed by atoms with Crippen molar-refractivity contribution in [2.45, 2.75) is 11.1 Å². The predicted molar refractivity (Wildman–Crippen MR) is 72.0 cm³/mol. The number of hydrogen-bond acceptors (Lipinski definition) is 5. The fourth-order valence-electron chi connectivity index (χ4n) is 1.54. The predicted octanol–water partition coefficient (Wildman–Crippen LogP) is 0.894. The minimum absolute atomic E-state index is 0.432. The Hall–Kier alpha value is -2.21. The van der Waals surface area contributed by atoms with Gasteiger partial charge in [-0.25, -0.2) is 8.42 Å². The molecule has 1 rings (SSSR count). The van der Waals surface area contributed by atoms with Crippen LogP contribution >= 0.6 is 0 Å². The van der Waals surface area contributed by atoms with Crippen LogP contribution in [0.3, 0.4) is 0 Å². The second kappa shape index (κ2) is 6.91. The van der Waals surface area contributed by atoms with Crippen molar-refractivity contribution in [2.24, 2.45) is 0 Å². The second-order valence-corrected chi connectivity index (χ2v) is 6.39. The summed E-state index contributed by atoms with van der Waals surface area (Å²) in [6.07, 6.45) is -4.63. The number of likely N-dealkylation sites (N-methyl/N-ethyl adjacent to an activating group) is 1. The Labute approximate surface area is 129 Å². The lowest BCUT2D eigenvalue weighted by Gasteiger charge is -2.17. The van der Waals surface area contributed by atoms with Gasteiger partial charge in [-0.15, -0.1) is 0 Å². The minimum Gasteiger partial charge on any atom is -0.346 e. The zero-order chi connectivity index (χ0) is 17.8. The van der Waals surface area contributed by atoms with Crippen molar-refractivity contribution in [1.82, 2.24) is 9.62 Å². The smallest absolute Gasteiger partial charge is 0.346 e. The number of para-hydroxylation sites is 1. The zero-order valence-electron chi connectivity index (χ0n) is 11.7. The molecule has 0 bridgehead atoms. The Morgan fingerprint density at radius 2 is 1.91 bits per heavy atom. The standard InChI is InChI=1S/C11H12F3N3O5S/c1-16(6-10(18)15-7-11(12,13)14)23(21,22)9-5-3-2-4-8(9)17(19)20/h2-5H,6-7H2,1H3,(H,15,18). The number of carbonyl (C=O) groups excluding carboxylic acids is 1. The molecule has 1 amide bonds. The molecule has 23 heavy (non-hydrogen) atoms. The molecule has 12 heteroatoms. The lowest BCUT2D eigenvalue weighted by Crippen LogP contribution is -2.41. The van der Waals surface area contributed by atoms with E-state index in [1.165, 1.54) is 17.4 Å². The maximum Gasteiger partial charge on any atom is 0.405 e. The average molecular weight is 355 g/mol. The van der Waals surface area contributed by atoms with Crippen molar-refractivity contribution in [3.63, 3.8) is 0 Å². The lowest BCUT2D eigenvalue weighted by atomic mass is 10.3. The summed E-state index contributed by atoms with van der Waals surface area (Å²) < 4.78 is 60.8. The molecule has 0 atom stereocenters. The van der Waals surface area contributed by atoms with Gasteiger partial charge in [0.1, 0.15) is 6.54 Å². The summed E-state index contributed by atoms with van der Waals surface area (Å²) >= 11 is 0. The van der Waals surface area contributed by atoms with Gasteiger partial charge in [-0.05, 0) is 6.07 Å². The van der Waals surface area contributed by atoms with E-state index in [-0.39, 0.29) is 0 Å². The van der Waals surface area contributed by atoms with Crippen LogP contribution in [0, 0.1) is 10.1 Å². The number of rotatable bonds is 6. The van der Waals surface area contributed by atoms with E-state index in [4.69, 9.17) is 0 Å². The van der Waals surface area contributed by atoms with Gasteiger partial charge in [0.25, 0.3) is 5.69 Å². The first kappa shape index (κ1) is 18.8. The van der Waals surface area contributed by atoms with Gasteiger partial charge in [-0.2, -0.15) is 17.5 Å². The summed E-state index contributed by atoms with van der Waals surface area (Å²) in [5, 5.41) is 12.4. The van der Waals surface area contributed by atoms with Crippen LogP contribution in [0.5, 0.6) is 0 Å². The number of benzene rings is 1. The monoisotopic (exact) mass is 355 g/mol. The van der Waals surface area contributed by atoms with Crippen molar-refractivity contribution in [3.8, 4) is 0 Å². The van der Waals surface area contributed by atoms with Gasteiger partial charge in [0.15, 0.2) is 4.90 Å². The molecule has 0 spiro atoms. The quantitative estimate of drug-likeness (QED) is 0.602. The third-order valence-electron chi connectivity index (χ3n) is 2.60. The van der Waals surface area contributed by atoms with Gasteiger partial charge < -0.3 is 5.32 Å². The SMILES string of the molecule is CN(CC(=O)NCC(F)(F)F)S(=O)(=O)c1ccccc1[N+](=O)[O-]. The number of hydrogen-bond donors (Lipinski definition) is 1. The van der Waals surface area contributed by atoms with Crippen LogP contribution in [0.1, 0.15) is 0 Å². The molecule has 1 aromatic rings. The molecule has 0 aliphatic carbocycles. The Balaban J connectivity index is 2.93. The Morgan fingerprint density at radius 3 is 2.43 bits per heavy atom. The number of carbonyl (C=O) groups is 1. The minimum atomic E-state index is -4.63. The van der Waals surface area contributed by atoms with Gasteiger partial charge >= 0.3 is 6.18 Å². The molecule has 0 unspecified atom stereocenters. The molecule has 0 saturated carbocycles. The van der Waals surface area contributed by atoms with E-state index in [1.807, 2.05) is 0 Å². The van der Waals surface area contributed by atoms with E-state index in [0.717, 1.165) is 19.2 Å². The summed E-state index contributed by atoms with van der Waals surface area (Å²) in [6, 6.07) is 4.44. The van der Waals surface area contributed by atoms with Crippen molar-refractivity contribution < 1.29 is 31.3 Å². The van der Waals surface area contributed by atoms with Crippen molar-refractivity contribution in [3.05, 3.63) is 34.4 Å². The van der Waals surface area contributed by atoms with E-state index in [0.29, 0.717) is 4.31 Å². The summed E-state index contributed by atoms with van der Waals surface area (Å²) in [5.74, 6) is -1.19. The number of amides is 1. The third kappa shape index (κ3) is 5.17. The van der Waals surface area contributed by atoms with E-state index in [2.05, 4.69) is 0 Å². The third-order valence-corrected chi connectivity index (χ3v) is 4.45. The number of nitrogens with one attached hydrogen (secondary N) is 1. The number of alkyl halides is 3. The first-order valence-corrected chi connectivity index (χ1v) is 7.42. The van der Waals surface area contributed by atoms with Gasteiger partial charge in [0, 0.05) is 13.1 Å². The molecular formula is C11H12F3N3O5S. The first-order valence-electron chi connectivity index (χ1n) is 5.98. The van der Waals surface area contributed by atoms with Crippen LogP contribution in [-0.2, 0) is 14.8 Å². The maximum atomic E-state index is 12.2. The highest BCUT2D eigenvalue weighted by Gasteiger charge is 2.31. The molecule has 0 saturated heterocycles. The Kier molecular flexibility index (Phi) is 5.66. The largest absolute Gasteiger partial charge is 0.405 e. The highest BCUT2D eigenvalue weighted by Crippen LogP contribution is 2.25. The fourth-order valence-corrected chi connectivity index (χ4v) is 2.82. The van der Waals surface area contributed by atoms with Crippen LogP contribution < -0.4 is 5.32 Å². The zero-order valence-corrected chi connectivity index (χ0v) is 12.5. The second-order valence-electron chi connectivity index (χ2n) is 4.38. The Bertz CT molecular complexity index is 705. The van der Waals surface area contributed by atoms with Crippen molar-refractivity contribution in [2.75, 3.05) is 20.1 Å². The van der Waals surface area contributed by atoms with Crippen LogP contribution in [0.2, 0.25) is 0 Å². The van der Waals surface area contributed by atoms with E-state index >= 15 is 0 Å². The van der Waals surface area contributed by atoms with Gasteiger partial charge in [-0.3, -0.25) is 14.9 Å². The average Bonchev–Trinajstić information content (AvgIpc) is 2.44. The highest BCUT2D eigenvalue weighted by molar-refractivity contribution is 7.89. The van der Waals surface area contributed by atoms with Crippen LogP contribution in [-0.4, -0.2) is 49.9 Å². The Morgan fingerprint density at radius 1 is 1.35 bits per heavy atom.